The second kappa shape index (κ2) is 11.2. The van der Waals surface area contributed by atoms with E-state index in [2.05, 4.69) is 5.32 Å². The average molecular weight is 416 g/mol. The van der Waals surface area contributed by atoms with Gasteiger partial charge in [0, 0.05) is 13.1 Å². The van der Waals surface area contributed by atoms with E-state index in [1.54, 1.807) is 50.4 Å². The quantitative estimate of drug-likeness (QED) is 0.645. The minimum atomic E-state index is -0.708. The predicted octanol–water partition coefficient (Wildman–Crippen LogP) is 3.40. The van der Waals surface area contributed by atoms with Crippen LogP contribution in [-0.2, 0) is 16.1 Å². The molecule has 1 atom stereocenters. The van der Waals surface area contributed by atoms with Crippen LogP contribution in [0.3, 0.4) is 0 Å². The van der Waals surface area contributed by atoms with Gasteiger partial charge in [0.15, 0.2) is 6.61 Å². The highest BCUT2D eigenvalue weighted by Gasteiger charge is 2.26. The number of carbonyl (C=O) groups is 2. The number of nitrogens with zero attached hydrogens (tertiary/aromatic N) is 1. The van der Waals surface area contributed by atoms with Gasteiger partial charge in [0.05, 0.1) is 7.11 Å². The summed E-state index contributed by atoms with van der Waals surface area (Å²) in [6, 6.07) is 12.0. The number of hydrogen-bond acceptors (Lipinski definition) is 4. The lowest BCUT2D eigenvalue weighted by molar-refractivity contribution is -0.142. The maximum Gasteiger partial charge on any atom is 0.261 e. The molecule has 0 spiro atoms. The molecular formula is C23H29FN2O4. The van der Waals surface area contributed by atoms with Crippen molar-refractivity contribution in [3.05, 3.63) is 59.9 Å². The van der Waals surface area contributed by atoms with Gasteiger partial charge in [-0.15, -0.1) is 0 Å². The molecule has 0 aliphatic rings. The number of carbonyl (C=O) groups excluding carboxylic acids is 2. The molecule has 2 rings (SSSR count). The fourth-order valence-electron chi connectivity index (χ4n) is 2.72. The summed E-state index contributed by atoms with van der Waals surface area (Å²) in [5.41, 5.74) is 0.720. The standard InChI is InChI=1S/C23H29FN2O4/c1-16(2)13-25-23(28)17(3)26(14-18-5-7-19(24)8-6-18)22(27)15-30-21-11-9-20(29-4)10-12-21/h5-12,16-17H,13-15H2,1-4H3,(H,25,28)/t17-/m0/s1. The van der Waals surface area contributed by atoms with Crippen molar-refractivity contribution in [3.63, 3.8) is 0 Å². The average Bonchev–Trinajstić information content (AvgIpc) is 2.75. The Bertz CT molecular complexity index is 822. The third-order valence-corrected chi connectivity index (χ3v) is 4.54. The fourth-order valence-corrected chi connectivity index (χ4v) is 2.72. The van der Waals surface area contributed by atoms with Crippen molar-refractivity contribution in [2.75, 3.05) is 20.3 Å². The normalized spacial score (nSPS) is 11.7. The number of ether oxygens (including phenoxy) is 2. The van der Waals surface area contributed by atoms with E-state index >= 15 is 0 Å². The summed E-state index contributed by atoms with van der Waals surface area (Å²) in [6.45, 7) is 6.12. The molecule has 0 saturated heterocycles. The lowest BCUT2D eigenvalue weighted by Crippen LogP contribution is -2.49. The Morgan fingerprint density at radius 1 is 1.00 bits per heavy atom. The fraction of sp³-hybridized carbons (Fsp3) is 0.391. The highest BCUT2D eigenvalue weighted by atomic mass is 19.1. The predicted molar refractivity (Wildman–Crippen MR) is 113 cm³/mol. The van der Waals surface area contributed by atoms with E-state index in [0.29, 0.717) is 24.0 Å². The molecule has 0 unspecified atom stereocenters. The maximum absolute atomic E-state index is 13.2. The van der Waals surface area contributed by atoms with Gasteiger partial charge in [0.25, 0.3) is 5.91 Å². The van der Waals surface area contributed by atoms with E-state index in [4.69, 9.17) is 9.47 Å². The van der Waals surface area contributed by atoms with Gasteiger partial charge in [-0.25, -0.2) is 4.39 Å². The van der Waals surface area contributed by atoms with Gasteiger partial charge in [-0.3, -0.25) is 9.59 Å². The molecule has 0 aliphatic carbocycles. The largest absolute Gasteiger partial charge is 0.497 e. The number of nitrogens with one attached hydrogen (secondary N) is 1. The molecule has 0 radical (unpaired) electrons. The number of rotatable bonds is 10. The molecule has 0 heterocycles. The van der Waals surface area contributed by atoms with E-state index in [-0.39, 0.29) is 30.8 Å². The Morgan fingerprint density at radius 2 is 1.60 bits per heavy atom. The zero-order valence-corrected chi connectivity index (χ0v) is 17.9. The SMILES string of the molecule is COc1ccc(OCC(=O)N(Cc2ccc(F)cc2)[C@@H](C)C(=O)NCC(C)C)cc1. The zero-order valence-electron chi connectivity index (χ0n) is 17.9. The van der Waals surface area contributed by atoms with Crippen LogP contribution in [-0.4, -0.2) is 43.0 Å². The highest BCUT2D eigenvalue weighted by Crippen LogP contribution is 2.18. The van der Waals surface area contributed by atoms with Crippen LogP contribution in [0.5, 0.6) is 11.5 Å². The summed E-state index contributed by atoms with van der Waals surface area (Å²) in [5, 5.41) is 2.85. The van der Waals surface area contributed by atoms with Crippen LogP contribution in [0.1, 0.15) is 26.3 Å². The van der Waals surface area contributed by atoms with Crippen molar-refractivity contribution in [3.8, 4) is 11.5 Å². The van der Waals surface area contributed by atoms with Gasteiger partial charge < -0.3 is 19.7 Å². The summed E-state index contributed by atoms with van der Waals surface area (Å²) in [6.07, 6.45) is 0. The van der Waals surface area contributed by atoms with E-state index in [0.717, 1.165) is 5.56 Å². The third-order valence-electron chi connectivity index (χ3n) is 4.54. The van der Waals surface area contributed by atoms with E-state index < -0.39 is 6.04 Å². The molecular weight excluding hydrogens is 387 g/mol. The summed E-state index contributed by atoms with van der Waals surface area (Å²) in [5.74, 6) is 0.541. The first-order valence-electron chi connectivity index (χ1n) is 9.88. The Balaban J connectivity index is 2.10. The van der Waals surface area contributed by atoms with Crippen LogP contribution < -0.4 is 14.8 Å². The first-order chi connectivity index (χ1) is 14.3. The summed E-state index contributed by atoms with van der Waals surface area (Å²) in [4.78, 5) is 26.9. The van der Waals surface area contributed by atoms with Crippen molar-refractivity contribution in [2.24, 2.45) is 5.92 Å². The number of halogens is 1. The number of benzene rings is 2. The molecule has 7 heteroatoms. The van der Waals surface area contributed by atoms with Gasteiger partial charge in [-0.1, -0.05) is 26.0 Å². The second-order valence-corrected chi connectivity index (χ2v) is 7.43. The molecule has 0 fully saturated rings. The van der Waals surface area contributed by atoms with Crippen LogP contribution >= 0.6 is 0 Å². The van der Waals surface area contributed by atoms with Gasteiger partial charge >= 0.3 is 0 Å². The monoisotopic (exact) mass is 416 g/mol. The number of hydrogen-bond donors (Lipinski definition) is 1. The van der Waals surface area contributed by atoms with Crippen molar-refractivity contribution in [2.45, 2.75) is 33.4 Å². The Kier molecular flexibility index (Phi) is 8.65. The first kappa shape index (κ1) is 23.2. The molecule has 6 nitrogen and oxygen atoms in total. The smallest absolute Gasteiger partial charge is 0.261 e. The minimum absolute atomic E-state index is 0.168. The second-order valence-electron chi connectivity index (χ2n) is 7.43. The summed E-state index contributed by atoms with van der Waals surface area (Å²) >= 11 is 0. The Hall–Kier alpha value is -3.09. The molecule has 2 amide bonds. The van der Waals surface area contributed by atoms with E-state index in [9.17, 15) is 14.0 Å². The molecule has 0 aliphatic heterocycles. The van der Waals surface area contributed by atoms with Gasteiger partial charge in [0.1, 0.15) is 23.4 Å². The molecule has 0 aromatic heterocycles. The van der Waals surface area contributed by atoms with E-state index in [1.807, 2.05) is 13.8 Å². The van der Waals surface area contributed by atoms with Crippen molar-refractivity contribution < 1.29 is 23.5 Å². The van der Waals surface area contributed by atoms with E-state index in [1.165, 1.54) is 17.0 Å². The lowest BCUT2D eigenvalue weighted by atomic mass is 10.1. The minimum Gasteiger partial charge on any atom is -0.497 e. The summed E-state index contributed by atoms with van der Waals surface area (Å²) < 4.78 is 23.9. The van der Waals surface area contributed by atoms with Gasteiger partial charge in [-0.2, -0.15) is 0 Å². The molecule has 0 saturated carbocycles. The first-order valence-corrected chi connectivity index (χ1v) is 9.88. The topological polar surface area (TPSA) is 67.9 Å². The maximum atomic E-state index is 13.2. The summed E-state index contributed by atoms with van der Waals surface area (Å²) in [7, 11) is 1.57. The van der Waals surface area contributed by atoms with Crippen LogP contribution in [0.2, 0.25) is 0 Å². The number of amides is 2. The molecule has 2 aromatic rings. The molecule has 30 heavy (non-hydrogen) atoms. The van der Waals surface area contributed by atoms with Crippen LogP contribution in [0.15, 0.2) is 48.5 Å². The molecule has 2 aromatic carbocycles. The Morgan fingerprint density at radius 3 is 2.17 bits per heavy atom. The zero-order chi connectivity index (χ0) is 22.1. The van der Waals surface area contributed by atoms with Crippen molar-refractivity contribution in [1.82, 2.24) is 10.2 Å². The lowest BCUT2D eigenvalue weighted by Gasteiger charge is -2.29. The molecule has 162 valence electrons. The van der Waals surface area contributed by atoms with Crippen LogP contribution in [0.25, 0.3) is 0 Å². The van der Waals surface area contributed by atoms with Crippen LogP contribution in [0, 0.1) is 11.7 Å². The van der Waals surface area contributed by atoms with Gasteiger partial charge in [0.2, 0.25) is 5.91 Å². The van der Waals surface area contributed by atoms with Crippen molar-refractivity contribution in [1.29, 1.82) is 0 Å². The highest BCUT2D eigenvalue weighted by molar-refractivity contribution is 5.87. The molecule has 1 N–H and O–H groups in total. The van der Waals surface area contributed by atoms with Gasteiger partial charge in [-0.05, 0) is 54.8 Å². The number of methoxy groups -OCH3 is 1. The van der Waals surface area contributed by atoms with Crippen molar-refractivity contribution >= 4 is 11.8 Å². The Labute approximate surface area is 177 Å². The third kappa shape index (κ3) is 7.06. The van der Waals surface area contributed by atoms with Crippen LogP contribution in [0.4, 0.5) is 4.39 Å². The molecule has 0 bridgehead atoms.